The summed E-state index contributed by atoms with van der Waals surface area (Å²) < 4.78 is 0. The topological polar surface area (TPSA) is 4.36 Å². The largest absolute Gasteiger partial charge is 0.312 e. The number of halogens is 1. The van der Waals surface area contributed by atoms with Gasteiger partial charge in [0.05, 0.1) is 0 Å². The fourth-order valence-corrected chi connectivity index (χ4v) is 1.15. The zero-order valence-corrected chi connectivity index (χ0v) is 7.02. The van der Waals surface area contributed by atoms with Gasteiger partial charge in [0.15, 0.2) is 0 Å². The Morgan fingerprint density at radius 3 is 2.82 bits per heavy atom. The Kier molecular flexibility index (Phi) is 2.51. The third kappa shape index (κ3) is 1.96. The van der Waals surface area contributed by atoms with Crippen LogP contribution in [-0.2, 0) is 6.54 Å². The molecule has 1 aromatic carbocycles. The third-order valence-corrected chi connectivity index (χ3v) is 1.79. The lowest BCUT2D eigenvalue weighted by Gasteiger charge is -1.97. The molecule has 0 heterocycles. The molecular formula is C9H8ClN. The number of aryl methyl sites for hydroxylation is 1. The summed E-state index contributed by atoms with van der Waals surface area (Å²) in [5.41, 5.74) is 2.15. The summed E-state index contributed by atoms with van der Waals surface area (Å²) in [6.45, 7) is 9.09. The van der Waals surface area contributed by atoms with E-state index in [4.69, 9.17) is 18.2 Å². The van der Waals surface area contributed by atoms with Crippen LogP contribution in [0.3, 0.4) is 0 Å². The lowest BCUT2D eigenvalue weighted by molar-refractivity contribution is 1.21. The fourth-order valence-electron chi connectivity index (χ4n) is 0.922. The molecule has 0 aliphatic rings. The molecular weight excluding hydrogens is 158 g/mol. The second-order valence-electron chi connectivity index (χ2n) is 2.39. The highest BCUT2D eigenvalue weighted by Gasteiger charge is 1.99. The summed E-state index contributed by atoms with van der Waals surface area (Å²) in [7, 11) is 0. The smallest absolute Gasteiger partial charge is 0.240 e. The summed E-state index contributed by atoms with van der Waals surface area (Å²) in [4.78, 5) is 3.30. The van der Waals surface area contributed by atoms with E-state index in [-0.39, 0.29) is 0 Å². The molecule has 0 atom stereocenters. The van der Waals surface area contributed by atoms with E-state index in [1.165, 1.54) is 0 Å². The van der Waals surface area contributed by atoms with Crippen LogP contribution in [0.2, 0.25) is 5.02 Å². The van der Waals surface area contributed by atoms with E-state index < -0.39 is 0 Å². The molecule has 2 heteroatoms. The van der Waals surface area contributed by atoms with E-state index in [1.807, 2.05) is 25.1 Å². The number of benzene rings is 1. The van der Waals surface area contributed by atoms with Crippen molar-refractivity contribution >= 4 is 11.6 Å². The molecule has 0 spiro atoms. The molecule has 1 aromatic rings. The minimum Gasteiger partial charge on any atom is -0.312 e. The van der Waals surface area contributed by atoms with Crippen molar-refractivity contribution in [2.75, 3.05) is 0 Å². The molecule has 0 saturated heterocycles. The quantitative estimate of drug-likeness (QED) is 0.564. The molecule has 1 rings (SSSR count). The average Bonchev–Trinajstić information content (AvgIpc) is 1.95. The predicted molar refractivity (Wildman–Crippen MR) is 46.5 cm³/mol. The van der Waals surface area contributed by atoms with Crippen LogP contribution in [0.25, 0.3) is 4.85 Å². The van der Waals surface area contributed by atoms with Gasteiger partial charge in [0.1, 0.15) is 0 Å². The van der Waals surface area contributed by atoms with Crippen LogP contribution in [0, 0.1) is 13.5 Å². The van der Waals surface area contributed by atoms with Gasteiger partial charge in [0, 0.05) is 10.6 Å². The van der Waals surface area contributed by atoms with Gasteiger partial charge in [-0.1, -0.05) is 11.6 Å². The Bertz CT molecular complexity index is 299. The first-order chi connectivity index (χ1) is 5.24. The van der Waals surface area contributed by atoms with Crippen molar-refractivity contribution in [2.45, 2.75) is 13.5 Å². The molecule has 1 nitrogen and oxygen atoms in total. The highest BCUT2D eigenvalue weighted by atomic mass is 35.5. The van der Waals surface area contributed by atoms with Gasteiger partial charge in [-0.3, -0.25) is 0 Å². The zero-order chi connectivity index (χ0) is 8.27. The van der Waals surface area contributed by atoms with Crippen LogP contribution in [-0.4, -0.2) is 0 Å². The molecule has 0 aliphatic heterocycles. The molecule has 0 aromatic heterocycles. The highest BCUT2D eigenvalue weighted by Crippen LogP contribution is 2.15. The van der Waals surface area contributed by atoms with Crippen LogP contribution in [0.1, 0.15) is 11.1 Å². The molecule has 0 amide bonds. The van der Waals surface area contributed by atoms with E-state index in [2.05, 4.69) is 4.85 Å². The van der Waals surface area contributed by atoms with Crippen molar-refractivity contribution in [1.82, 2.24) is 0 Å². The van der Waals surface area contributed by atoms with Crippen molar-refractivity contribution in [2.24, 2.45) is 0 Å². The van der Waals surface area contributed by atoms with E-state index in [1.54, 1.807) is 0 Å². The zero-order valence-electron chi connectivity index (χ0n) is 6.26. The SMILES string of the molecule is [C-]#[N+]Cc1ccc(Cl)cc1C. The van der Waals surface area contributed by atoms with E-state index in [0.717, 1.165) is 16.1 Å². The minimum absolute atomic E-state index is 0.447. The second-order valence-corrected chi connectivity index (χ2v) is 2.82. The summed E-state index contributed by atoms with van der Waals surface area (Å²) in [5, 5.41) is 0.733. The van der Waals surface area contributed by atoms with Crippen molar-refractivity contribution in [1.29, 1.82) is 0 Å². The van der Waals surface area contributed by atoms with Crippen LogP contribution in [0.5, 0.6) is 0 Å². The molecule has 56 valence electrons. The Morgan fingerprint density at radius 2 is 2.27 bits per heavy atom. The number of rotatable bonds is 1. The standard InChI is InChI=1S/C9H8ClN/c1-7-5-9(10)4-3-8(7)6-11-2/h3-5H,6H2,1H3. The maximum atomic E-state index is 6.68. The molecule has 0 bridgehead atoms. The average molecular weight is 166 g/mol. The lowest BCUT2D eigenvalue weighted by Crippen LogP contribution is -1.84. The Morgan fingerprint density at radius 1 is 1.55 bits per heavy atom. The van der Waals surface area contributed by atoms with Crippen LogP contribution in [0.15, 0.2) is 18.2 Å². The van der Waals surface area contributed by atoms with Gasteiger partial charge in [-0.25, -0.2) is 6.57 Å². The van der Waals surface area contributed by atoms with Gasteiger partial charge in [0.25, 0.3) is 0 Å². The normalized spacial score (nSPS) is 9.18. The van der Waals surface area contributed by atoms with Crippen molar-refractivity contribution < 1.29 is 0 Å². The second kappa shape index (κ2) is 3.41. The lowest BCUT2D eigenvalue weighted by atomic mass is 10.1. The van der Waals surface area contributed by atoms with Crippen LogP contribution >= 0.6 is 11.6 Å². The maximum absolute atomic E-state index is 6.68. The molecule has 0 aliphatic carbocycles. The van der Waals surface area contributed by atoms with Gasteiger partial charge in [-0.15, -0.1) is 0 Å². The Labute approximate surface area is 71.4 Å². The number of hydrogen-bond donors (Lipinski definition) is 0. The monoisotopic (exact) mass is 165 g/mol. The van der Waals surface area contributed by atoms with Crippen LogP contribution < -0.4 is 0 Å². The highest BCUT2D eigenvalue weighted by molar-refractivity contribution is 6.30. The Balaban J connectivity index is 3.01. The van der Waals surface area contributed by atoms with E-state index in [0.29, 0.717) is 6.54 Å². The van der Waals surface area contributed by atoms with Crippen molar-refractivity contribution in [3.05, 3.63) is 45.8 Å². The first-order valence-corrected chi connectivity index (χ1v) is 3.70. The molecule has 0 saturated carbocycles. The first-order valence-electron chi connectivity index (χ1n) is 3.32. The summed E-state index contributed by atoms with van der Waals surface area (Å²) in [5.74, 6) is 0. The molecule has 0 radical (unpaired) electrons. The van der Waals surface area contributed by atoms with E-state index in [9.17, 15) is 0 Å². The van der Waals surface area contributed by atoms with Crippen LogP contribution in [0.4, 0.5) is 0 Å². The molecule has 11 heavy (non-hydrogen) atoms. The first kappa shape index (κ1) is 8.10. The summed E-state index contributed by atoms with van der Waals surface area (Å²) in [6, 6.07) is 5.59. The summed E-state index contributed by atoms with van der Waals surface area (Å²) >= 11 is 5.74. The van der Waals surface area contributed by atoms with E-state index >= 15 is 0 Å². The molecule has 0 unspecified atom stereocenters. The van der Waals surface area contributed by atoms with Crippen molar-refractivity contribution in [3.8, 4) is 0 Å². The van der Waals surface area contributed by atoms with Gasteiger partial charge in [-0.05, 0) is 30.7 Å². The molecule has 0 fully saturated rings. The number of nitrogens with zero attached hydrogens (tertiary/aromatic N) is 1. The van der Waals surface area contributed by atoms with Crippen molar-refractivity contribution in [3.63, 3.8) is 0 Å². The molecule has 0 N–H and O–H groups in total. The number of hydrogen-bond acceptors (Lipinski definition) is 0. The minimum atomic E-state index is 0.447. The predicted octanol–water partition coefficient (Wildman–Crippen LogP) is 3.07. The van der Waals surface area contributed by atoms with Gasteiger partial charge >= 0.3 is 0 Å². The maximum Gasteiger partial charge on any atom is 0.240 e. The third-order valence-electron chi connectivity index (χ3n) is 1.55. The van der Waals surface area contributed by atoms with Gasteiger partial charge in [-0.2, -0.15) is 0 Å². The Hall–Kier alpha value is -1.00. The van der Waals surface area contributed by atoms with Gasteiger partial charge < -0.3 is 4.85 Å². The van der Waals surface area contributed by atoms with Gasteiger partial charge in [0.2, 0.25) is 6.54 Å². The summed E-state index contributed by atoms with van der Waals surface area (Å²) in [6.07, 6.45) is 0. The fraction of sp³-hybridized carbons (Fsp3) is 0.222.